The van der Waals surface area contributed by atoms with E-state index in [0.717, 1.165) is 5.82 Å². The summed E-state index contributed by atoms with van der Waals surface area (Å²) in [4.78, 5) is 0. The smallest absolute Gasteiger partial charge is 0.150 e. The Kier molecular flexibility index (Phi) is 4.26. The Morgan fingerprint density at radius 1 is 1.35 bits per heavy atom. The van der Waals surface area contributed by atoms with Crippen molar-refractivity contribution >= 4 is 9.84 Å². The summed E-state index contributed by atoms with van der Waals surface area (Å²) in [6, 6.07) is -0.183. The third-order valence-electron chi connectivity index (χ3n) is 2.54. The summed E-state index contributed by atoms with van der Waals surface area (Å²) in [5, 5.41) is 8.02. The lowest BCUT2D eigenvalue weighted by atomic mass is 10.2. The fourth-order valence-electron chi connectivity index (χ4n) is 1.75. The Labute approximate surface area is 102 Å². The first kappa shape index (κ1) is 14.1. The zero-order valence-corrected chi connectivity index (χ0v) is 11.5. The molecule has 1 aromatic heterocycles. The maximum absolute atomic E-state index is 11.1. The molecule has 0 bridgehead atoms. The van der Waals surface area contributed by atoms with Gasteiger partial charge in [0.25, 0.3) is 0 Å². The molecule has 0 spiro atoms. The summed E-state index contributed by atoms with van der Waals surface area (Å²) in [5.41, 5.74) is 5.97. The molecule has 0 amide bonds. The number of nitrogens with zero attached hydrogens (tertiary/aromatic N) is 3. The number of sulfone groups is 1. The number of aryl methyl sites for hydroxylation is 1. The van der Waals surface area contributed by atoms with Crippen LogP contribution < -0.4 is 5.73 Å². The molecule has 0 aliphatic heterocycles. The molecule has 0 aliphatic rings. The van der Waals surface area contributed by atoms with Crippen LogP contribution in [0.15, 0.2) is 0 Å². The molecule has 2 N–H and O–H groups in total. The number of hydrogen-bond donors (Lipinski definition) is 1. The fourth-order valence-corrected chi connectivity index (χ4v) is 2.43. The van der Waals surface area contributed by atoms with Crippen molar-refractivity contribution in [3.63, 3.8) is 0 Å². The quantitative estimate of drug-likeness (QED) is 0.837. The molecule has 0 saturated heterocycles. The average molecular weight is 260 g/mol. The lowest BCUT2D eigenvalue weighted by molar-refractivity contribution is 0.512. The fraction of sp³-hybridized carbons (Fsp3) is 0.800. The van der Waals surface area contributed by atoms with Crippen molar-refractivity contribution in [3.8, 4) is 0 Å². The number of rotatable bonds is 5. The van der Waals surface area contributed by atoms with Gasteiger partial charge in [0.15, 0.2) is 0 Å². The Hall–Kier alpha value is -0.950. The van der Waals surface area contributed by atoms with Gasteiger partial charge in [0.1, 0.15) is 21.5 Å². The van der Waals surface area contributed by atoms with Crippen molar-refractivity contribution in [2.45, 2.75) is 39.3 Å². The van der Waals surface area contributed by atoms with E-state index in [2.05, 4.69) is 10.2 Å². The van der Waals surface area contributed by atoms with Crippen LogP contribution in [0, 0.1) is 6.92 Å². The van der Waals surface area contributed by atoms with Crippen LogP contribution in [-0.4, -0.2) is 35.2 Å². The lowest BCUT2D eigenvalue weighted by Crippen LogP contribution is -2.21. The predicted molar refractivity (Wildman–Crippen MR) is 66.4 cm³/mol. The van der Waals surface area contributed by atoms with Crippen molar-refractivity contribution in [3.05, 3.63) is 11.6 Å². The van der Waals surface area contributed by atoms with Gasteiger partial charge < -0.3 is 10.3 Å². The maximum Gasteiger partial charge on any atom is 0.150 e. The second-order valence-electron chi connectivity index (χ2n) is 4.59. The van der Waals surface area contributed by atoms with Crippen LogP contribution >= 0.6 is 0 Å². The van der Waals surface area contributed by atoms with Crippen LogP contribution in [0.5, 0.6) is 0 Å². The minimum atomic E-state index is -2.99. The summed E-state index contributed by atoms with van der Waals surface area (Å²) < 4.78 is 24.1. The first-order valence-electron chi connectivity index (χ1n) is 5.57. The Balaban J connectivity index is 2.86. The molecule has 98 valence electrons. The van der Waals surface area contributed by atoms with Gasteiger partial charge >= 0.3 is 0 Å². The van der Waals surface area contributed by atoms with E-state index >= 15 is 0 Å². The lowest BCUT2D eigenvalue weighted by Gasteiger charge is -2.16. The number of aromatic nitrogens is 3. The molecule has 0 radical (unpaired) electrons. The van der Waals surface area contributed by atoms with Crippen LogP contribution in [0.1, 0.15) is 44.0 Å². The standard InChI is InChI=1S/C10H20N4O2S/c1-7(2)14-8(3)12-13-10(14)9(11)5-6-17(4,15)16/h7,9H,5-6,11H2,1-4H3. The Morgan fingerprint density at radius 2 is 1.94 bits per heavy atom. The highest BCUT2D eigenvalue weighted by Gasteiger charge is 2.19. The van der Waals surface area contributed by atoms with Crippen molar-refractivity contribution in [1.29, 1.82) is 0 Å². The molecule has 6 nitrogen and oxygen atoms in total. The van der Waals surface area contributed by atoms with E-state index in [1.54, 1.807) is 0 Å². The second-order valence-corrected chi connectivity index (χ2v) is 6.85. The van der Waals surface area contributed by atoms with E-state index in [9.17, 15) is 8.42 Å². The molecule has 1 aromatic rings. The monoisotopic (exact) mass is 260 g/mol. The minimum Gasteiger partial charge on any atom is -0.321 e. The molecule has 1 atom stereocenters. The van der Waals surface area contributed by atoms with Crippen molar-refractivity contribution in [2.75, 3.05) is 12.0 Å². The van der Waals surface area contributed by atoms with Gasteiger partial charge in [-0.15, -0.1) is 10.2 Å². The van der Waals surface area contributed by atoms with Gasteiger partial charge in [0.05, 0.1) is 11.8 Å². The van der Waals surface area contributed by atoms with Crippen LogP contribution in [0.25, 0.3) is 0 Å². The highest BCUT2D eigenvalue weighted by molar-refractivity contribution is 7.90. The maximum atomic E-state index is 11.1. The van der Waals surface area contributed by atoms with Gasteiger partial charge in [-0.1, -0.05) is 0 Å². The topological polar surface area (TPSA) is 90.9 Å². The van der Waals surface area contributed by atoms with E-state index in [1.807, 2.05) is 25.3 Å². The number of nitrogens with two attached hydrogens (primary N) is 1. The summed E-state index contributed by atoms with van der Waals surface area (Å²) in [5.74, 6) is 1.52. The van der Waals surface area contributed by atoms with Gasteiger partial charge in [0, 0.05) is 12.3 Å². The molecular formula is C10H20N4O2S. The Morgan fingerprint density at radius 3 is 2.41 bits per heavy atom. The minimum absolute atomic E-state index is 0.0676. The average Bonchev–Trinajstić information content (AvgIpc) is 2.55. The third kappa shape index (κ3) is 3.78. The molecule has 17 heavy (non-hydrogen) atoms. The highest BCUT2D eigenvalue weighted by Crippen LogP contribution is 2.18. The molecule has 0 fully saturated rings. The highest BCUT2D eigenvalue weighted by atomic mass is 32.2. The van der Waals surface area contributed by atoms with Crippen LogP contribution in [-0.2, 0) is 9.84 Å². The Bertz CT molecular complexity index is 478. The SMILES string of the molecule is Cc1nnc(C(N)CCS(C)(=O)=O)n1C(C)C. The molecule has 0 aromatic carbocycles. The largest absolute Gasteiger partial charge is 0.321 e. The van der Waals surface area contributed by atoms with Gasteiger partial charge in [0.2, 0.25) is 0 Å². The van der Waals surface area contributed by atoms with E-state index in [1.165, 1.54) is 6.26 Å². The first-order valence-corrected chi connectivity index (χ1v) is 7.63. The third-order valence-corrected chi connectivity index (χ3v) is 3.52. The van der Waals surface area contributed by atoms with Gasteiger partial charge in [-0.05, 0) is 27.2 Å². The van der Waals surface area contributed by atoms with Crippen LogP contribution in [0.2, 0.25) is 0 Å². The number of hydrogen-bond acceptors (Lipinski definition) is 5. The van der Waals surface area contributed by atoms with Gasteiger partial charge in [-0.2, -0.15) is 0 Å². The predicted octanol–water partition coefficient (Wildman–Crippen LogP) is 0.602. The zero-order valence-electron chi connectivity index (χ0n) is 10.7. The molecule has 1 heterocycles. The second kappa shape index (κ2) is 5.14. The molecule has 1 rings (SSSR count). The van der Waals surface area contributed by atoms with E-state index in [4.69, 9.17) is 5.73 Å². The van der Waals surface area contributed by atoms with E-state index < -0.39 is 15.9 Å². The van der Waals surface area contributed by atoms with Crippen LogP contribution in [0.3, 0.4) is 0 Å². The molecule has 7 heteroatoms. The summed E-state index contributed by atoms with van der Waals surface area (Å²) >= 11 is 0. The summed E-state index contributed by atoms with van der Waals surface area (Å²) in [6.45, 7) is 5.89. The molecule has 0 saturated carbocycles. The summed E-state index contributed by atoms with van der Waals surface area (Å²) in [7, 11) is -2.99. The van der Waals surface area contributed by atoms with Gasteiger partial charge in [-0.25, -0.2) is 8.42 Å². The van der Waals surface area contributed by atoms with Crippen molar-refractivity contribution < 1.29 is 8.42 Å². The van der Waals surface area contributed by atoms with E-state index in [-0.39, 0.29) is 11.8 Å². The van der Waals surface area contributed by atoms with Gasteiger partial charge in [-0.3, -0.25) is 0 Å². The molecule has 0 aliphatic carbocycles. The van der Waals surface area contributed by atoms with Crippen LogP contribution in [0.4, 0.5) is 0 Å². The van der Waals surface area contributed by atoms with Crippen molar-refractivity contribution in [2.24, 2.45) is 5.73 Å². The molecular weight excluding hydrogens is 240 g/mol. The normalized spacial score (nSPS) is 14.2. The van der Waals surface area contributed by atoms with Crippen molar-refractivity contribution in [1.82, 2.24) is 14.8 Å². The zero-order chi connectivity index (χ0) is 13.2. The first-order chi connectivity index (χ1) is 7.72. The summed E-state index contributed by atoms with van der Waals surface area (Å²) in [6.07, 6.45) is 1.57. The van der Waals surface area contributed by atoms with E-state index in [0.29, 0.717) is 12.2 Å². The molecule has 1 unspecified atom stereocenters.